The molecular weight excluding hydrogens is 476 g/mol. The van der Waals surface area contributed by atoms with Crippen LogP contribution in [0, 0.1) is 47.3 Å². The van der Waals surface area contributed by atoms with Gasteiger partial charge in [-0.05, 0) is 73.5 Å². The summed E-state index contributed by atoms with van der Waals surface area (Å²) in [5.74, 6) is -0.994. The molecule has 0 saturated heterocycles. The van der Waals surface area contributed by atoms with Crippen molar-refractivity contribution in [3.63, 3.8) is 0 Å². The number of carboxylic acids is 3. The van der Waals surface area contributed by atoms with Gasteiger partial charge in [-0.3, -0.25) is 19.2 Å². The Hall–Kier alpha value is -2.12. The number of hydrogen-bond donors (Lipinski definition) is 3. The van der Waals surface area contributed by atoms with Crippen molar-refractivity contribution in [2.24, 2.45) is 47.3 Å². The molecule has 0 aromatic heterocycles. The fourth-order valence-corrected chi connectivity index (χ4v) is 6.21. The molecule has 0 aliphatic heterocycles. The molecule has 2 saturated carbocycles. The molecule has 0 bridgehead atoms. The Morgan fingerprint density at radius 3 is 1.76 bits per heavy atom. The van der Waals surface area contributed by atoms with Gasteiger partial charge in [0.15, 0.2) is 0 Å². The SMILES string of the molecule is CC1CCC(C(C)C)C(C(CC(=O)O)C(=O)O)C1.CC1CCC(C(C)C)C(OC(=O)CCCC(=O)O)C1. The first-order chi connectivity index (χ1) is 17.2. The fraction of sp³-hybridized carbons (Fsp3) is 0.862. The van der Waals surface area contributed by atoms with E-state index in [0.29, 0.717) is 41.9 Å². The second-order valence-electron chi connectivity index (χ2n) is 12.1. The van der Waals surface area contributed by atoms with Crippen molar-refractivity contribution in [1.29, 1.82) is 0 Å². The molecule has 0 aromatic rings. The highest BCUT2D eigenvalue weighted by molar-refractivity contribution is 5.78. The quantitative estimate of drug-likeness (QED) is 0.274. The summed E-state index contributed by atoms with van der Waals surface area (Å²) in [7, 11) is 0. The number of ether oxygens (including phenoxy) is 1. The maximum atomic E-state index is 11.8. The zero-order chi connectivity index (χ0) is 28.3. The summed E-state index contributed by atoms with van der Waals surface area (Å²) in [6.07, 6.45) is 6.61. The first-order valence-electron chi connectivity index (χ1n) is 14.1. The van der Waals surface area contributed by atoms with E-state index in [1.165, 1.54) is 6.42 Å². The van der Waals surface area contributed by atoms with Gasteiger partial charge in [0, 0.05) is 12.8 Å². The van der Waals surface area contributed by atoms with Gasteiger partial charge in [-0.1, -0.05) is 54.4 Å². The average Bonchev–Trinajstić information content (AvgIpc) is 2.77. The van der Waals surface area contributed by atoms with Crippen LogP contribution in [0.3, 0.4) is 0 Å². The number of rotatable bonds is 11. The molecule has 0 aromatic carbocycles. The van der Waals surface area contributed by atoms with Crippen LogP contribution in [0.4, 0.5) is 0 Å². The third kappa shape index (κ3) is 11.9. The van der Waals surface area contributed by atoms with E-state index in [4.69, 9.17) is 14.9 Å². The van der Waals surface area contributed by atoms with Gasteiger partial charge >= 0.3 is 23.9 Å². The number of carbonyl (C=O) groups excluding carboxylic acids is 1. The topological polar surface area (TPSA) is 138 Å². The van der Waals surface area contributed by atoms with Crippen molar-refractivity contribution < 1.29 is 39.2 Å². The Bertz CT molecular complexity index is 746. The molecular formula is C29H50O8. The van der Waals surface area contributed by atoms with E-state index in [-0.39, 0.29) is 37.3 Å². The van der Waals surface area contributed by atoms with Gasteiger partial charge in [0.25, 0.3) is 0 Å². The van der Waals surface area contributed by atoms with E-state index in [2.05, 4.69) is 41.5 Å². The highest BCUT2D eigenvalue weighted by Gasteiger charge is 2.40. The molecule has 7 unspecified atom stereocenters. The Morgan fingerprint density at radius 1 is 0.730 bits per heavy atom. The van der Waals surface area contributed by atoms with Crippen LogP contribution in [0.5, 0.6) is 0 Å². The monoisotopic (exact) mass is 526 g/mol. The number of aliphatic carboxylic acids is 3. The molecule has 2 fully saturated rings. The van der Waals surface area contributed by atoms with Crippen LogP contribution >= 0.6 is 0 Å². The molecule has 2 aliphatic carbocycles. The van der Waals surface area contributed by atoms with Crippen molar-refractivity contribution in [3.8, 4) is 0 Å². The van der Waals surface area contributed by atoms with Crippen LogP contribution in [0.25, 0.3) is 0 Å². The van der Waals surface area contributed by atoms with Crippen LogP contribution in [0.15, 0.2) is 0 Å². The second-order valence-corrected chi connectivity index (χ2v) is 12.1. The molecule has 2 rings (SSSR count). The van der Waals surface area contributed by atoms with Gasteiger partial charge in [-0.15, -0.1) is 0 Å². The summed E-state index contributed by atoms with van der Waals surface area (Å²) < 4.78 is 5.59. The molecule has 0 spiro atoms. The van der Waals surface area contributed by atoms with Crippen LogP contribution < -0.4 is 0 Å². The Balaban J connectivity index is 0.000000371. The minimum atomic E-state index is -1.01. The van der Waals surface area contributed by atoms with Crippen LogP contribution in [0.2, 0.25) is 0 Å². The highest BCUT2D eigenvalue weighted by atomic mass is 16.5. The Kier molecular flexibility index (Phi) is 14.2. The van der Waals surface area contributed by atoms with Crippen molar-refractivity contribution in [2.45, 2.75) is 112 Å². The summed E-state index contributed by atoms with van der Waals surface area (Å²) in [6, 6.07) is 0. The molecule has 8 nitrogen and oxygen atoms in total. The molecule has 37 heavy (non-hydrogen) atoms. The van der Waals surface area contributed by atoms with Crippen molar-refractivity contribution >= 4 is 23.9 Å². The third-order valence-corrected chi connectivity index (χ3v) is 8.32. The van der Waals surface area contributed by atoms with Crippen molar-refractivity contribution in [2.75, 3.05) is 0 Å². The predicted molar refractivity (Wildman–Crippen MR) is 141 cm³/mol. The third-order valence-electron chi connectivity index (χ3n) is 8.32. The zero-order valence-electron chi connectivity index (χ0n) is 23.7. The lowest BCUT2D eigenvalue weighted by Crippen LogP contribution is -2.37. The van der Waals surface area contributed by atoms with Crippen LogP contribution in [0.1, 0.15) is 106 Å². The van der Waals surface area contributed by atoms with Gasteiger partial charge < -0.3 is 20.1 Å². The molecule has 0 heterocycles. The summed E-state index contributed by atoms with van der Waals surface area (Å²) in [5.41, 5.74) is 0. The summed E-state index contributed by atoms with van der Waals surface area (Å²) >= 11 is 0. The number of carboxylic acid groups (broad SMARTS) is 3. The normalized spacial score (nSPS) is 28.6. The van der Waals surface area contributed by atoms with E-state index in [0.717, 1.165) is 32.1 Å². The maximum Gasteiger partial charge on any atom is 0.307 e. The molecule has 0 amide bonds. The average molecular weight is 527 g/mol. The molecule has 8 heteroatoms. The van der Waals surface area contributed by atoms with Crippen molar-refractivity contribution in [1.82, 2.24) is 0 Å². The largest absolute Gasteiger partial charge is 0.481 e. The number of carbonyl (C=O) groups is 4. The lowest BCUT2D eigenvalue weighted by molar-refractivity contribution is -0.156. The summed E-state index contributed by atoms with van der Waals surface area (Å²) in [4.78, 5) is 44.4. The molecule has 7 atom stereocenters. The molecule has 0 radical (unpaired) electrons. The van der Waals surface area contributed by atoms with Gasteiger partial charge in [0.1, 0.15) is 6.10 Å². The number of hydrogen-bond acceptors (Lipinski definition) is 5. The standard InChI is InChI=1S/C15H26O4.C14H24O4/c1-10(2)12-8-7-11(3)9-13(12)19-15(18)6-4-5-14(16)17;1-8(2)10-5-4-9(3)6-11(10)12(14(17)18)7-13(15)16/h10-13H,4-9H2,1-3H3,(H,16,17);8-12H,4-7H2,1-3H3,(H,15,16)(H,17,18). The second kappa shape index (κ2) is 16.0. The minimum absolute atomic E-state index is 0.00218. The predicted octanol–water partition coefficient (Wildman–Crippen LogP) is 6.12. The van der Waals surface area contributed by atoms with Gasteiger partial charge in [-0.25, -0.2) is 0 Å². The lowest BCUT2D eigenvalue weighted by atomic mass is 9.65. The van der Waals surface area contributed by atoms with Crippen molar-refractivity contribution in [3.05, 3.63) is 0 Å². The van der Waals surface area contributed by atoms with E-state index in [9.17, 15) is 24.3 Å². The molecule has 214 valence electrons. The van der Waals surface area contributed by atoms with Crippen LogP contribution in [-0.4, -0.2) is 45.3 Å². The van der Waals surface area contributed by atoms with Crippen LogP contribution in [-0.2, 0) is 23.9 Å². The van der Waals surface area contributed by atoms with Gasteiger partial charge in [-0.2, -0.15) is 0 Å². The summed E-state index contributed by atoms with van der Waals surface area (Å²) in [5, 5.41) is 26.7. The zero-order valence-corrected chi connectivity index (χ0v) is 23.7. The number of esters is 1. The van der Waals surface area contributed by atoms with Gasteiger partial charge in [0.2, 0.25) is 0 Å². The van der Waals surface area contributed by atoms with E-state index in [1.54, 1.807) is 0 Å². The summed E-state index contributed by atoms with van der Waals surface area (Å²) in [6.45, 7) is 12.9. The minimum Gasteiger partial charge on any atom is -0.481 e. The first kappa shape index (κ1) is 32.9. The Labute approximate surface area is 222 Å². The fourth-order valence-electron chi connectivity index (χ4n) is 6.21. The van der Waals surface area contributed by atoms with E-state index in [1.807, 2.05) is 0 Å². The highest BCUT2D eigenvalue weighted by Crippen LogP contribution is 2.43. The lowest BCUT2D eigenvalue weighted by Gasteiger charge is -2.40. The smallest absolute Gasteiger partial charge is 0.307 e. The first-order valence-corrected chi connectivity index (χ1v) is 14.1. The maximum absolute atomic E-state index is 11.8. The van der Waals surface area contributed by atoms with E-state index < -0.39 is 23.8 Å². The van der Waals surface area contributed by atoms with E-state index >= 15 is 0 Å². The Morgan fingerprint density at radius 2 is 1.27 bits per heavy atom. The molecule has 3 N–H and O–H groups in total. The molecule has 2 aliphatic rings. The van der Waals surface area contributed by atoms with Gasteiger partial charge in [0.05, 0.1) is 12.3 Å².